The number of hydrogen-bond acceptors (Lipinski definition) is 5. The van der Waals surface area contributed by atoms with Crippen molar-refractivity contribution >= 4 is 52.5 Å². The summed E-state index contributed by atoms with van der Waals surface area (Å²) in [4.78, 5) is 39.1. The van der Waals surface area contributed by atoms with Crippen LogP contribution in [0.3, 0.4) is 0 Å². The van der Waals surface area contributed by atoms with Crippen molar-refractivity contribution in [2.45, 2.75) is 13.8 Å². The first-order valence-corrected chi connectivity index (χ1v) is 11.3. The van der Waals surface area contributed by atoms with E-state index in [0.717, 1.165) is 16.8 Å². The molecule has 1 saturated heterocycles. The van der Waals surface area contributed by atoms with Crippen molar-refractivity contribution in [1.82, 2.24) is 5.32 Å². The number of amides is 3. The van der Waals surface area contributed by atoms with Gasteiger partial charge < -0.3 is 10.1 Å². The number of carbonyl (C=O) groups is 3. The highest BCUT2D eigenvalue weighted by molar-refractivity contribution is 7.80. The van der Waals surface area contributed by atoms with Gasteiger partial charge in [0.15, 0.2) is 11.7 Å². The maximum absolute atomic E-state index is 13.0. The standard InChI is InChI=1S/C27H23N3O4S/c1-17-7-6-10-23(18(17)2)28-24(31)16-34-21-13-11-19(12-14-21)15-22-25(32)29-27(35)30(26(22)33)20-8-4-3-5-9-20/h3-15H,16H2,1-2H3,(H,28,31)(H,29,32,35)/b22-15-. The number of para-hydroxylation sites is 1. The third-order valence-corrected chi connectivity index (χ3v) is 5.84. The Bertz CT molecular complexity index is 1330. The Morgan fingerprint density at radius 1 is 1.00 bits per heavy atom. The van der Waals surface area contributed by atoms with Gasteiger partial charge in [-0.2, -0.15) is 0 Å². The zero-order valence-corrected chi connectivity index (χ0v) is 20.0. The van der Waals surface area contributed by atoms with Crippen LogP contribution in [0.15, 0.2) is 78.4 Å². The van der Waals surface area contributed by atoms with Crippen LogP contribution in [0, 0.1) is 13.8 Å². The number of benzene rings is 3. The molecule has 3 aromatic carbocycles. The van der Waals surface area contributed by atoms with Gasteiger partial charge in [-0.15, -0.1) is 0 Å². The normalized spacial score (nSPS) is 14.6. The fourth-order valence-electron chi connectivity index (χ4n) is 3.52. The van der Waals surface area contributed by atoms with Crippen LogP contribution < -0.4 is 20.3 Å². The first-order valence-electron chi connectivity index (χ1n) is 10.9. The summed E-state index contributed by atoms with van der Waals surface area (Å²) >= 11 is 5.20. The molecule has 4 rings (SSSR count). The molecule has 0 unspecified atom stereocenters. The fraction of sp³-hybridized carbons (Fsp3) is 0.111. The zero-order valence-electron chi connectivity index (χ0n) is 19.2. The number of anilines is 2. The monoisotopic (exact) mass is 485 g/mol. The second-order valence-corrected chi connectivity index (χ2v) is 8.33. The van der Waals surface area contributed by atoms with Gasteiger partial charge in [-0.05, 0) is 79.2 Å². The summed E-state index contributed by atoms with van der Waals surface area (Å²) in [5.74, 6) is -0.856. The maximum Gasteiger partial charge on any atom is 0.270 e. The first-order chi connectivity index (χ1) is 16.8. The van der Waals surface area contributed by atoms with Gasteiger partial charge in [-0.3, -0.25) is 24.6 Å². The highest BCUT2D eigenvalue weighted by atomic mass is 32.1. The SMILES string of the molecule is Cc1cccc(NC(=O)COc2ccc(/C=C3/C(=O)NC(=S)N(c4ccccc4)C3=O)cc2)c1C. The van der Waals surface area contributed by atoms with E-state index in [1.54, 1.807) is 48.5 Å². The molecule has 8 heteroatoms. The van der Waals surface area contributed by atoms with Crippen molar-refractivity contribution in [3.05, 3.63) is 95.1 Å². The molecule has 7 nitrogen and oxygen atoms in total. The number of rotatable bonds is 6. The molecular formula is C27H23N3O4S. The lowest BCUT2D eigenvalue weighted by atomic mass is 10.1. The largest absolute Gasteiger partial charge is 0.484 e. The second-order valence-electron chi connectivity index (χ2n) is 7.95. The molecule has 1 aliphatic rings. The van der Waals surface area contributed by atoms with Crippen LogP contribution in [0.5, 0.6) is 5.75 Å². The number of nitrogens with one attached hydrogen (secondary N) is 2. The van der Waals surface area contributed by atoms with Crippen LogP contribution in [-0.2, 0) is 14.4 Å². The van der Waals surface area contributed by atoms with E-state index >= 15 is 0 Å². The Kier molecular flexibility index (Phi) is 7.03. The molecule has 0 aliphatic carbocycles. The second kappa shape index (κ2) is 10.3. The van der Waals surface area contributed by atoms with Gasteiger partial charge in [0, 0.05) is 5.69 Å². The van der Waals surface area contributed by atoms with Gasteiger partial charge in [0.1, 0.15) is 11.3 Å². The van der Waals surface area contributed by atoms with Crippen molar-refractivity contribution in [1.29, 1.82) is 0 Å². The van der Waals surface area contributed by atoms with Crippen molar-refractivity contribution in [2.75, 3.05) is 16.8 Å². The number of carbonyl (C=O) groups excluding carboxylic acids is 3. The van der Waals surface area contributed by atoms with E-state index in [4.69, 9.17) is 17.0 Å². The Hall–Kier alpha value is -4.30. The minimum Gasteiger partial charge on any atom is -0.484 e. The van der Waals surface area contributed by atoms with E-state index in [2.05, 4.69) is 10.6 Å². The average molecular weight is 486 g/mol. The van der Waals surface area contributed by atoms with Crippen molar-refractivity contribution in [3.8, 4) is 5.75 Å². The molecule has 0 saturated carbocycles. The number of ether oxygens (including phenoxy) is 1. The summed E-state index contributed by atoms with van der Waals surface area (Å²) in [6, 6.07) is 21.3. The van der Waals surface area contributed by atoms with Crippen molar-refractivity contribution in [2.24, 2.45) is 0 Å². The van der Waals surface area contributed by atoms with E-state index in [1.165, 1.54) is 11.0 Å². The minimum absolute atomic E-state index is 0.0335. The lowest BCUT2D eigenvalue weighted by Crippen LogP contribution is -2.54. The van der Waals surface area contributed by atoms with Crippen LogP contribution in [0.25, 0.3) is 6.08 Å². The summed E-state index contributed by atoms with van der Waals surface area (Å²) in [5, 5.41) is 5.44. The van der Waals surface area contributed by atoms with Gasteiger partial charge in [0.25, 0.3) is 17.7 Å². The summed E-state index contributed by atoms with van der Waals surface area (Å²) in [7, 11) is 0. The lowest BCUT2D eigenvalue weighted by Gasteiger charge is -2.28. The van der Waals surface area contributed by atoms with Gasteiger partial charge in [-0.1, -0.05) is 42.5 Å². The van der Waals surface area contributed by atoms with E-state index in [0.29, 0.717) is 17.0 Å². The number of hydrogen-bond donors (Lipinski definition) is 2. The fourth-order valence-corrected chi connectivity index (χ4v) is 3.80. The van der Waals surface area contributed by atoms with Crippen molar-refractivity contribution in [3.63, 3.8) is 0 Å². The third kappa shape index (κ3) is 5.44. The minimum atomic E-state index is -0.560. The summed E-state index contributed by atoms with van der Waals surface area (Å²) < 4.78 is 5.58. The van der Waals surface area contributed by atoms with Crippen LogP contribution in [-0.4, -0.2) is 29.4 Å². The Balaban J connectivity index is 1.42. The molecule has 35 heavy (non-hydrogen) atoms. The number of aryl methyl sites for hydroxylation is 1. The van der Waals surface area contributed by atoms with Crippen LogP contribution in [0.1, 0.15) is 16.7 Å². The third-order valence-electron chi connectivity index (χ3n) is 5.56. The molecule has 2 N–H and O–H groups in total. The topological polar surface area (TPSA) is 87.7 Å². The quantitative estimate of drug-likeness (QED) is 0.311. The summed E-state index contributed by atoms with van der Waals surface area (Å²) in [5.41, 5.74) is 4.00. The summed E-state index contributed by atoms with van der Waals surface area (Å²) in [6.45, 7) is 3.78. The van der Waals surface area contributed by atoms with Crippen LogP contribution in [0.2, 0.25) is 0 Å². The molecule has 0 atom stereocenters. The molecule has 0 bridgehead atoms. The van der Waals surface area contributed by atoms with Gasteiger partial charge in [0.05, 0.1) is 5.69 Å². The molecule has 0 radical (unpaired) electrons. The van der Waals surface area contributed by atoms with Crippen LogP contribution in [0.4, 0.5) is 11.4 Å². The van der Waals surface area contributed by atoms with Crippen LogP contribution >= 0.6 is 12.2 Å². The Morgan fingerprint density at radius 3 is 2.43 bits per heavy atom. The molecule has 3 aromatic rings. The number of thiocarbonyl (C=S) groups is 1. The molecule has 1 aliphatic heterocycles. The highest BCUT2D eigenvalue weighted by Crippen LogP contribution is 2.23. The highest BCUT2D eigenvalue weighted by Gasteiger charge is 2.34. The summed E-state index contributed by atoms with van der Waals surface area (Å²) in [6.07, 6.45) is 1.49. The van der Waals surface area contributed by atoms with E-state index in [9.17, 15) is 14.4 Å². The molecule has 1 fully saturated rings. The average Bonchev–Trinajstić information content (AvgIpc) is 2.84. The Morgan fingerprint density at radius 2 is 1.71 bits per heavy atom. The molecule has 3 amide bonds. The van der Waals surface area contributed by atoms with E-state index < -0.39 is 11.8 Å². The zero-order chi connectivity index (χ0) is 24.9. The predicted molar refractivity (Wildman–Crippen MR) is 139 cm³/mol. The number of nitrogens with zero attached hydrogens (tertiary/aromatic N) is 1. The Labute approximate surface area is 208 Å². The van der Waals surface area contributed by atoms with E-state index in [1.807, 2.05) is 38.1 Å². The maximum atomic E-state index is 13.0. The molecule has 0 aromatic heterocycles. The first kappa shape index (κ1) is 23.8. The molecule has 0 spiro atoms. The molecule has 1 heterocycles. The van der Waals surface area contributed by atoms with Crippen molar-refractivity contribution < 1.29 is 19.1 Å². The lowest BCUT2D eigenvalue weighted by molar-refractivity contribution is -0.122. The molecular weight excluding hydrogens is 462 g/mol. The van der Waals surface area contributed by atoms with E-state index in [-0.39, 0.29) is 23.2 Å². The smallest absolute Gasteiger partial charge is 0.270 e. The van der Waals surface area contributed by atoms with Gasteiger partial charge in [-0.25, -0.2) is 0 Å². The van der Waals surface area contributed by atoms with Gasteiger partial charge >= 0.3 is 0 Å². The predicted octanol–water partition coefficient (Wildman–Crippen LogP) is 4.15. The van der Waals surface area contributed by atoms with Gasteiger partial charge in [0.2, 0.25) is 0 Å². The molecule has 176 valence electrons.